The van der Waals surface area contributed by atoms with E-state index in [-0.39, 0.29) is 0 Å². The Kier molecular flexibility index (Phi) is 3.49. The number of rotatable bonds is 3. The van der Waals surface area contributed by atoms with Crippen molar-refractivity contribution < 1.29 is 0 Å². The Morgan fingerprint density at radius 2 is 2.12 bits per heavy atom. The first kappa shape index (κ1) is 11.5. The first-order chi connectivity index (χ1) is 7.70. The number of anilines is 1. The first-order valence-corrected chi connectivity index (χ1v) is 6.24. The molecule has 0 spiro atoms. The van der Waals surface area contributed by atoms with E-state index in [0.717, 1.165) is 6.54 Å². The average Bonchev–Trinajstić information content (AvgIpc) is 2.69. The Labute approximate surface area is 98.2 Å². The van der Waals surface area contributed by atoms with Crippen molar-refractivity contribution in [3.05, 3.63) is 29.3 Å². The fourth-order valence-electron chi connectivity index (χ4n) is 2.68. The third-order valence-corrected chi connectivity index (χ3v) is 3.68. The van der Waals surface area contributed by atoms with Gasteiger partial charge >= 0.3 is 0 Å². The first-order valence-electron chi connectivity index (χ1n) is 6.24. The lowest BCUT2D eigenvalue weighted by Gasteiger charge is -2.22. The van der Waals surface area contributed by atoms with Crippen LogP contribution in [0.5, 0.6) is 0 Å². The van der Waals surface area contributed by atoms with Crippen LogP contribution in [0.2, 0.25) is 0 Å². The zero-order valence-corrected chi connectivity index (χ0v) is 10.3. The molecule has 2 rings (SSSR count). The molecule has 1 fully saturated rings. The Bertz CT molecular complexity index is 360. The molecule has 2 heteroatoms. The van der Waals surface area contributed by atoms with E-state index in [1.807, 2.05) is 0 Å². The van der Waals surface area contributed by atoms with E-state index in [1.54, 1.807) is 0 Å². The van der Waals surface area contributed by atoms with E-state index in [1.165, 1.54) is 36.1 Å². The molecular weight excluding hydrogens is 196 g/mol. The molecule has 0 bridgehead atoms. The third kappa shape index (κ3) is 2.38. The van der Waals surface area contributed by atoms with Crippen LogP contribution in [0.4, 0.5) is 5.69 Å². The average molecular weight is 218 g/mol. The molecule has 0 aliphatic heterocycles. The van der Waals surface area contributed by atoms with Gasteiger partial charge < -0.3 is 11.1 Å². The van der Waals surface area contributed by atoms with E-state index in [9.17, 15) is 0 Å². The maximum atomic E-state index is 5.80. The van der Waals surface area contributed by atoms with Gasteiger partial charge in [-0.1, -0.05) is 24.1 Å². The molecule has 2 unspecified atom stereocenters. The third-order valence-electron chi connectivity index (χ3n) is 3.68. The van der Waals surface area contributed by atoms with Crippen molar-refractivity contribution >= 4 is 5.69 Å². The zero-order valence-electron chi connectivity index (χ0n) is 10.3. The van der Waals surface area contributed by atoms with Crippen LogP contribution in [0.1, 0.15) is 30.4 Å². The van der Waals surface area contributed by atoms with Gasteiger partial charge in [-0.05, 0) is 50.8 Å². The van der Waals surface area contributed by atoms with Gasteiger partial charge in [0.1, 0.15) is 0 Å². The molecule has 1 aromatic rings. The van der Waals surface area contributed by atoms with Crippen LogP contribution in [-0.4, -0.2) is 12.6 Å². The monoisotopic (exact) mass is 218 g/mol. The maximum Gasteiger partial charge on any atom is 0.0372 e. The van der Waals surface area contributed by atoms with Crippen molar-refractivity contribution in [3.63, 3.8) is 0 Å². The minimum Gasteiger partial charge on any atom is -0.382 e. The molecule has 1 saturated carbocycles. The highest BCUT2D eigenvalue weighted by molar-refractivity contribution is 5.52. The summed E-state index contributed by atoms with van der Waals surface area (Å²) in [4.78, 5) is 0. The predicted octanol–water partition coefficient (Wildman–Crippen LogP) is 2.84. The normalized spacial score (nSPS) is 24.7. The highest BCUT2D eigenvalue weighted by atomic mass is 14.9. The van der Waals surface area contributed by atoms with Gasteiger partial charge in [-0.15, -0.1) is 0 Å². The quantitative estimate of drug-likeness (QED) is 0.818. The molecular formula is C14H22N2. The summed E-state index contributed by atoms with van der Waals surface area (Å²) in [5.41, 5.74) is 9.73. The summed E-state index contributed by atoms with van der Waals surface area (Å²) in [6.45, 7) is 5.11. The molecule has 2 atom stereocenters. The molecule has 0 saturated heterocycles. The summed E-state index contributed by atoms with van der Waals surface area (Å²) >= 11 is 0. The van der Waals surface area contributed by atoms with Crippen LogP contribution in [0.3, 0.4) is 0 Å². The second-order valence-electron chi connectivity index (χ2n) is 5.00. The Morgan fingerprint density at radius 3 is 2.81 bits per heavy atom. The second kappa shape index (κ2) is 4.88. The van der Waals surface area contributed by atoms with E-state index >= 15 is 0 Å². The molecule has 0 heterocycles. The topological polar surface area (TPSA) is 38.0 Å². The van der Waals surface area contributed by atoms with E-state index in [0.29, 0.717) is 12.0 Å². The summed E-state index contributed by atoms with van der Waals surface area (Å²) in [6.07, 6.45) is 3.85. The molecule has 1 aliphatic carbocycles. The number of benzene rings is 1. The van der Waals surface area contributed by atoms with Crippen molar-refractivity contribution in [2.75, 3.05) is 11.9 Å². The molecule has 2 nitrogen and oxygen atoms in total. The highest BCUT2D eigenvalue weighted by Crippen LogP contribution is 2.29. The van der Waals surface area contributed by atoms with Crippen molar-refractivity contribution in [1.29, 1.82) is 0 Å². The maximum absolute atomic E-state index is 5.80. The van der Waals surface area contributed by atoms with Crippen LogP contribution in [0, 0.1) is 19.8 Å². The zero-order chi connectivity index (χ0) is 11.5. The number of hydrogen-bond donors (Lipinski definition) is 2. The van der Waals surface area contributed by atoms with Crippen LogP contribution in [0.25, 0.3) is 0 Å². The SMILES string of the molecule is Cc1ccc(NC2CCCC2CN)c(C)c1. The van der Waals surface area contributed by atoms with Gasteiger partial charge in [-0.2, -0.15) is 0 Å². The lowest BCUT2D eigenvalue weighted by Crippen LogP contribution is -2.29. The molecule has 0 aromatic heterocycles. The van der Waals surface area contributed by atoms with Crippen LogP contribution in [-0.2, 0) is 0 Å². The summed E-state index contributed by atoms with van der Waals surface area (Å²) in [7, 11) is 0. The summed E-state index contributed by atoms with van der Waals surface area (Å²) in [5.74, 6) is 0.653. The fraction of sp³-hybridized carbons (Fsp3) is 0.571. The van der Waals surface area contributed by atoms with Gasteiger partial charge in [0.05, 0.1) is 0 Å². The van der Waals surface area contributed by atoms with Crippen molar-refractivity contribution in [3.8, 4) is 0 Å². The van der Waals surface area contributed by atoms with Gasteiger partial charge in [0.2, 0.25) is 0 Å². The van der Waals surface area contributed by atoms with Gasteiger partial charge in [0.25, 0.3) is 0 Å². The Balaban J connectivity index is 2.08. The lowest BCUT2D eigenvalue weighted by molar-refractivity contribution is 0.516. The molecule has 0 radical (unpaired) electrons. The van der Waals surface area contributed by atoms with E-state index in [2.05, 4.69) is 37.4 Å². The smallest absolute Gasteiger partial charge is 0.0372 e. The van der Waals surface area contributed by atoms with Crippen LogP contribution >= 0.6 is 0 Å². The molecule has 16 heavy (non-hydrogen) atoms. The van der Waals surface area contributed by atoms with Gasteiger partial charge in [0, 0.05) is 11.7 Å². The molecule has 1 aliphatic rings. The van der Waals surface area contributed by atoms with Gasteiger partial charge in [-0.3, -0.25) is 0 Å². The van der Waals surface area contributed by atoms with Crippen molar-refractivity contribution in [2.24, 2.45) is 11.7 Å². The van der Waals surface area contributed by atoms with Crippen LogP contribution < -0.4 is 11.1 Å². The molecule has 3 N–H and O–H groups in total. The van der Waals surface area contributed by atoms with E-state index in [4.69, 9.17) is 5.73 Å². The number of aryl methyl sites for hydroxylation is 2. The van der Waals surface area contributed by atoms with Crippen molar-refractivity contribution in [1.82, 2.24) is 0 Å². The van der Waals surface area contributed by atoms with Crippen molar-refractivity contribution in [2.45, 2.75) is 39.2 Å². The molecule has 0 amide bonds. The second-order valence-corrected chi connectivity index (χ2v) is 5.00. The molecule has 88 valence electrons. The van der Waals surface area contributed by atoms with Gasteiger partial charge in [0.15, 0.2) is 0 Å². The number of nitrogens with one attached hydrogen (secondary N) is 1. The summed E-state index contributed by atoms with van der Waals surface area (Å²) in [5, 5.41) is 3.66. The Morgan fingerprint density at radius 1 is 1.31 bits per heavy atom. The highest BCUT2D eigenvalue weighted by Gasteiger charge is 2.25. The standard InChI is InChI=1S/C14H22N2/c1-10-6-7-13(11(2)8-10)16-14-5-3-4-12(14)9-15/h6-8,12,14,16H,3-5,9,15H2,1-2H3. The number of nitrogens with two attached hydrogens (primary N) is 1. The van der Waals surface area contributed by atoms with Gasteiger partial charge in [-0.25, -0.2) is 0 Å². The minimum absolute atomic E-state index is 0.575. The summed E-state index contributed by atoms with van der Waals surface area (Å²) in [6, 6.07) is 7.17. The number of hydrogen-bond acceptors (Lipinski definition) is 2. The minimum atomic E-state index is 0.575. The van der Waals surface area contributed by atoms with Crippen LogP contribution in [0.15, 0.2) is 18.2 Å². The Hall–Kier alpha value is -1.02. The summed E-state index contributed by atoms with van der Waals surface area (Å²) < 4.78 is 0. The fourth-order valence-corrected chi connectivity index (χ4v) is 2.68. The molecule has 1 aromatic carbocycles. The lowest BCUT2D eigenvalue weighted by atomic mass is 10.0. The van der Waals surface area contributed by atoms with E-state index < -0.39 is 0 Å². The predicted molar refractivity (Wildman–Crippen MR) is 69.7 cm³/mol. The largest absolute Gasteiger partial charge is 0.382 e.